The second kappa shape index (κ2) is 10.2. The van der Waals surface area contributed by atoms with E-state index in [1.165, 1.54) is 21.5 Å². The average Bonchev–Trinajstić information content (AvgIpc) is 3.46. The van der Waals surface area contributed by atoms with Gasteiger partial charge in [-0.2, -0.15) is 0 Å². The molecule has 0 saturated heterocycles. The largest absolute Gasteiger partial charge is 0.294 e. The molecule has 0 atom stereocenters. The van der Waals surface area contributed by atoms with Crippen molar-refractivity contribution in [2.24, 2.45) is 0 Å². The van der Waals surface area contributed by atoms with Gasteiger partial charge in [-0.15, -0.1) is 0 Å². The van der Waals surface area contributed by atoms with Crippen molar-refractivity contribution in [2.45, 2.75) is 0 Å². The van der Waals surface area contributed by atoms with Crippen LogP contribution in [0.3, 0.4) is 0 Å². The van der Waals surface area contributed by atoms with E-state index in [0.717, 1.165) is 61.7 Å². The van der Waals surface area contributed by atoms with Crippen LogP contribution < -0.4 is 0 Å². The number of aromatic nitrogens is 5. The first-order valence-electron chi connectivity index (χ1n) is 15.0. The molecule has 0 amide bonds. The van der Waals surface area contributed by atoms with Gasteiger partial charge < -0.3 is 0 Å². The third-order valence-electron chi connectivity index (χ3n) is 8.50. The quantitative estimate of drug-likeness (QED) is 0.196. The molecular weight excluding hydrogens is 550 g/mol. The summed E-state index contributed by atoms with van der Waals surface area (Å²) < 4.78 is 2.19. The second-order valence-corrected chi connectivity index (χ2v) is 11.1. The van der Waals surface area contributed by atoms with E-state index in [-0.39, 0.29) is 0 Å². The second-order valence-electron chi connectivity index (χ2n) is 11.1. The smallest absolute Gasteiger partial charge is 0.138 e. The first-order chi connectivity index (χ1) is 22.3. The highest BCUT2D eigenvalue weighted by Gasteiger charge is 2.15. The van der Waals surface area contributed by atoms with Gasteiger partial charge in [-0.1, -0.05) is 84.9 Å². The lowest BCUT2D eigenvalue weighted by atomic mass is 9.95. The predicted octanol–water partition coefficient (Wildman–Crippen LogP) is 9.67. The molecule has 0 aliphatic heterocycles. The SMILES string of the molecule is c1cc(-c2cccc(-c3cc4ccccc4c4ccccc34)n2)nc(-c2cccc(-n3c4ccccc4c4cnccc43)n2)c1. The number of fused-ring (bicyclic) bond motifs is 6. The van der Waals surface area contributed by atoms with Crippen LogP contribution in [0.5, 0.6) is 0 Å². The number of benzene rings is 4. The van der Waals surface area contributed by atoms with Gasteiger partial charge in [0.15, 0.2) is 0 Å². The van der Waals surface area contributed by atoms with Gasteiger partial charge in [-0.25, -0.2) is 15.0 Å². The molecule has 9 aromatic rings. The Hall–Kier alpha value is -6.20. The molecule has 0 spiro atoms. The van der Waals surface area contributed by atoms with E-state index in [2.05, 4.69) is 101 Å². The van der Waals surface area contributed by atoms with Crippen LogP contribution in [0.4, 0.5) is 0 Å². The predicted molar refractivity (Wildman–Crippen MR) is 183 cm³/mol. The van der Waals surface area contributed by atoms with E-state index < -0.39 is 0 Å². The molecule has 9 rings (SSSR count). The summed E-state index contributed by atoms with van der Waals surface area (Å²) in [6.45, 7) is 0. The molecule has 210 valence electrons. The molecule has 0 unspecified atom stereocenters. The third kappa shape index (κ3) is 4.17. The number of nitrogens with zero attached hydrogens (tertiary/aromatic N) is 5. The fraction of sp³-hybridized carbons (Fsp3) is 0. The summed E-state index contributed by atoms with van der Waals surface area (Å²) in [5.74, 6) is 0.834. The molecule has 0 bridgehead atoms. The molecule has 0 saturated carbocycles. The van der Waals surface area contributed by atoms with E-state index in [9.17, 15) is 0 Å². The monoisotopic (exact) mass is 575 g/mol. The number of pyridine rings is 4. The minimum Gasteiger partial charge on any atom is -0.294 e. The van der Waals surface area contributed by atoms with Crippen molar-refractivity contribution in [1.29, 1.82) is 0 Å². The number of hydrogen-bond donors (Lipinski definition) is 0. The van der Waals surface area contributed by atoms with Crippen molar-refractivity contribution in [3.8, 4) is 39.9 Å². The minimum absolute atomic E-state index is 0.792. The van der Waals surface area contributed by atoms with Crippen molar-refractivity contribution in [3.63, 3.8) is 0 Å². The Kier molecular flexibility index (Phi) is 5.74. The minimum atomic E-state index is 0.792. The van der Waals surface area contributed by atoms with Crippen molar-refractivity contribution in [1.82, 2.24) is 24.5 Å². The molecule has 0 aliphatic carbocycles. The zero-order chi connectivity index (χ0) is 29.7. The highest BCUT2D eigenvalue weighted by atomic mass is 15.1. The van der Waals surface area contributed by atoms with Crippen LogP contribution in [0.1, 0.15) is 0 Å². The Morgan fingerprint density at radius 2 is 0.978 bits per heavy atom. The van der Waals surface area contributed by atoms with Gasteiger partial charge in [0.05, 0.1) is 39.5 Å². The van der Waals surface area contributed by atoms with Crippen LogP contribution in [0.15, 0.2) is 152 Å². The van der Waals surface area contributed by atoms with Gasteiger partial charge in [0.2, 0.25) is 0 Å². The van der Waals surface area contributed by atoms with Gasteiger partial charge in [0, 0.05) is 28.7 Å². The highest BCUT2D eigenvalue weighted by Crippen LogP contribution is 2.35. The van der Waals surface area contributed by atoms with Crippen molar-refractivity contribution < 1.29 is 0 Å². The Morgan fingerprint density at radius 1 is 0.400 bits per heavy atom. The van der Waals surface area contributed by atoms with Gasteiger partial charge >= 0.3 is 0 Å². The van der Waals surface area contributed by atoms with Crippen molar-refractivity contribution >= 4 is 43.4 Å². The highest BCUT2D eigenvalue weighted by molar-refractivity contribution is 6.13. The van der Waals surface area contributed by atoms with Crippen molar-refractivity contribution in [2.75, 3.05) is 0 Å². The topological polar surface area (TPSA) is 56.5 Å². The molecule has 45 heavy (non-hydrogen) atoms. The van der Waals surface area contributed by atoms with E-state index in [4.69, 9.17) is 15.0 Å². The lowest BCUT2D eigenvalue weighted by Crippen LogP contribution is -1.99. The molecule has 0 aliphatic rings. The standard InChI is InChI=1S/C40H25N5/c1-2-11-27-26(10-1)24-31(29-13-4-3-12-28(27)29)33-15-7-16-34(42-33)35-17-8-18-36(43-35)37-19-9-21-40(44-37)45-38-20-6-5-14-30(38)32-25-41-23-22-39(32)45/h1-25H. The maximum atomic E-state index is 5.14. The number of rotatable bonds is 4. The van der Waals surface area contributed by atoms with E-state index in [1.807, 2.05) is 60.9 Å². The summed E-state index contributed by atoms with van der Waals surface area (Å²) in [7, 11) is 0. The normalized spacial score (nSPS) is 11.6. The summed E-state index contributed by atoms with van der Waals surface area (Å²) in [4.78, 5) is 19.7. The molecular formula is C40H25N5. The van der Waals surface area contributed by atoms with Crippen LogP contribution in [0.25, 0.3) is 83.2 Å². The zero-order valence-corrected chi connectivity index (χ0v) is 24.2. The maximum Gasteiger partial charge on any atom is 0.138 e. The fourth-order valence-corrected chi connectivity index (χ4v) is 6.47. The summed E-state index contributed by atoms with van der Waals surface area (Å²) in [5.41, 5.74) is 7.40. The molecule has 5 heteroatoms. The van der Waals surface area contributed by atoms with Gasteiger partial charge in [0.25, 0.3) is 0 Å². The van der Waals surface area contributed by atoms with E-state index >= 15 is 0 Å². The molecule has 0 fully saturated rings. The first kappa shape index (κ1) is 25.3. The molecule has 5 heterocycles. The van der Waals surface area contributed by atoms with Gasteiger partial charge in [0.1, 0.15) is 5.82 Å². The van der Waals surface area contributed by atoms with Crippen LogP contribution in [0, 0.1) is 0 Å². The Labute approximate surface area is 259 Å². The summed E-state index contributed by atoms with van der Waals surface area (Å²) in [6.07, 6.45) is 3.75. The van der Waals surface area contributed by atoms with Crippen LogP contribution in [0.2, 0.25) is 0 Å². The number of hydrogen-bond acceptors (Lipinski definition) is 4. The van der Waals surface area contributed by atoms with Crippen LogP contribution in [-0.4, -0.2) is 24.5 Å². The lowest BCUT2D eigenvalue weighted by molar-refractivity contribution is 1.07. The average molecular weight is 576 g/mol. The fourth-order valence-electron chi connectivity index (χ4n) is 6.47. The molecule has 5 aromatic heterocycles. The van der Waals surface area contributed by atoms with Gasteiger partial charge in [-0.05, 0) is 76.1 Å². The summed E-state index contributed by atoms with van der Waals surface area (Å²) in [5, 5.41) is 7.11. The zero-order valence-electron chi connectivity index (χ0n) is 24.2. The maximum absolute atomic E-state index is 5.14. The summed E-state index contributed by atoms with van der Waals surface area (Å²) in [6, 6.07) is 48.0. The Bertz CT molecular complexity index is 2510. The van der Waals surface area contributed by atoms with E-state index in [1.54, 1.807) is 0 Å². The Morgan fingerprint density at radius 3 is 1.78 bits per heavy atom. The van der Waals surface area contributed by atoms with Crippen LogP contribution >= 0.6 is 0 Å². The van der Waals surface area contributed by atoms with Gasteiger partial charge in [-0.3, -0.25) is 9.55 Å². The molecule has 5 nitrogen and oxygen atoms in total. The molecule has 4 aromatic carbocycles. The Balaban J connectivity index is 1.14. The lowest BCUT2D eigenvalue weighted by Gasteiger charge is -2.12. The third-order valence-corrected chi connectivity index (χ3v) is 8.50. The molecule has 0 N–H and O–H groups in total. The van der Waals surface area contributed by atoms with E-state index in [0.29, 0.717) is 0 Å². The summed E-state index contributed by atoms with van der Waals surface area (Å²) >= 11 is 0. The number of para-hydroxylation sites is 1. The van der Waals surface area contributed by atoms with Crippen LogP contribution in [-0.2, 0) is 0 Å². The molecule has 0 radical (unpaired) electrons. The van der Waals surface area contributed by atoms with Crippen molar-refractivity contribution in [3.05, 3.63) is 152 Å². The first-order valence-corrected chi connectivity index (χ1v) is 15.0.